The fourth-order valence-corrected chi connectivity index (χ4v) is 5.95. The first-order valence-electron chi connectivity index (χ1n) is 9.82. The summed E-state index contributed by atoms with van der Waals surface area (Å²) < 4.78 is 27.7. The van der Waals surface area contributed by atoms with Gasteiger partial charge in [-0.05, 0) is 43.0 Å². The predicted octanol–water partition coefficient (Wildman–Crippen LogP) is 4.33. The van der Waals surface area contributed by atoms with E-state index in [1.54, 1.807) is 18.2 Å². The summed E-state index contributed by atoms with van der Waals surface area (Å²) in [6.07, 6.45) is 2.15. The molecule has 1 amide bonds. The number of aromatic nitrogens is 1. The first-order chi connectivity index (χ1) is 14.3. The van der Waals surface area contributed by atoms with Gasteiger partial charge in [-0.2, -0.15) is 4.99 Å². The lowest BCUT2D eigenvalue weighted by molar-refractivity contribution is -0.118. The van der Waals surface area contributed by atoms with E-state index in [9.17, 15) is 13.2 Å². The molecule has 0 fully saturated rings. The Labute approximate surface area is 181 Å². The number of hydrogen-bond donors (Lipinski definition) is 0. The van der Waals surface area contributed by atoms with Gasteiger partial charge in [0.1, 0.15) is 0 Å². The van der Waals surface area contributed by atoms with E-state index in [1.807, 2.05) is 36.6 Å². The van der Waals surface area contributed by atoms with Crippen LogP contribution < -0.4 is 4.80 Å². The van der Waals surface area contributed by atoms with E-state index in [0.717, 1.165) is 26.9 Å². The molecule has 3 rings (SSSR count). The van der Waals surface area contributed by atoms with Crippen LogP contribution in [0.25, 0.3) is 10.2 Å². The minimum Gasteiger partial charge on any atom is -0.312 e. The van der Waals surface area contributed by atoms with Crippen LogP contribution in [0.4, 0.5) is 0 Å². The molecule has 0 aliphatic heterocycles. The van der Waals surface area contributed by atoms with Crippen LogP contribution in [0.1, 0.15) is 29.5 Å². The summed E-state index contributed by atoms with van der Waals surface area (Å²) in [5.41, 5.74) is 4.09. The third kappa shape index (κ3) is 5.55. The molecule has 7 heteroatoms. The van der Waals surface area contributed by atoms with Gasteiger partial charge in [0.2, 0.25) is 5.91 Å². The van der Waals surface area contributed by atoms with Gasteiger partial charge in [0, 0.05) is 13.0 Å². The lowest BCUT2D eigenvalue weighted by atomic mass is 10.1. The molecule has 1 aromatic heterocycles. The second-order valence-electron chi connectivity index (χ2n) is 7.40. The molecule has 0 radical (unpaired) electrons. The van der Waals surface area contributed by atoms with Crippen molar-refractivity contribution < 1.29 is 13.2 Å². The molecule has 0 aliphatic carbocycles. The molecule has 2 aromatic carbocycles. The lowest BCUT2D eigenvalue weighted by Crippen LogP contribution is -2.17. The van der Waals surface area contributed by atoms with Crippen LogP contribution in [0.3, 0.4) is 0 Å². The van der Waals surface area contributed by atoms with E-state index in [-0.39, 0.29) is 30.3 Å². The van der Waals surface area contributed by atoms with E-state index in [1.165, 1.54) is 11.3 Å². The van der Waals surface area contributed by atoms with Gasteiger partial charge in [-0.25, -0.2) is 8.42 Å². The normalized spacial score (nSPS) is 12.4. The predicted molar refractivity (Wildman–Crippen MR) is 123 cm³/mol. The van der Waals surface area contributed by atoms with Crippen LogP contribution in [0, 0.1) is 13.8 Å². The van der Waals surface area contributed by atoms with Crippen LogP contribution in [0.15, 0.2) is 60.1 Å². The molecule has 0 saturated heterocycles. The standard InChI is InChI=1S/C23H26N2O3S2/c1-4-12-25-20-15-17(2)14-18(3)22(20)29-23(25)24-21(26)11-8-13-30(27,28)16-19-9-6-5-7-10-19/h4-7,9-10,14-15H,1,8,11-13,16H2,2-3H3. The largest absolute Gasteiger partial charge is 0.312 e. The Kier molecular flexibility index (Phi) is 7.05. The Hall–Kier alpha value is -2.51. The number of allylic oxidation sites excluding steroid dienone is 1. The zero-order valence-electron chi connectivity index (χ0n) is 17.3. The Bertz CT molecular complexity index is 1240. The van der Waals surface area contributed by atoms with Crippen LogP contribution in [-0.2, 0) is 26.9 Å². The van der Waals surface area contributed by atoms with Gasteiger partial charge in [-0.15, -0.1) is 6.58 Å². The van der Waals surface area contributed by atoms with Crippen molar-refractivity contribution in [1.82, 2.24) is 4.57 Å². The highest BCUT2D eigenvalue weighted by Crippen LogP contribution is 2.23. The van der Waals surface area contributed by atoms with Gasteiger partial charge in [0.15, 0.2) is 14.6 Å². The van der Waals surface area contributed by atoms with E-state index >= 15 is 0 Å². The Morgan fingerprint density at radius 2 is 1.93 bits per heavy atom. The molecule has 3 aromatic rings. The number of aryl methyl sites for hydroxylation is 2. The quantitative estimate of drug-likeness (QED) is 0.488. The number of hydrogen-bond acceptors (Lipinski definition) is 4. The summed E-state index contributed by atoms with van der Waals surface area (Å²) in [6, 6.07) is 13.3. The Balaban J connectivity index is 1.73. The van der Waals surface area contributed by atoms with Crippen molar-refractivity contribution in [3.63, 3.8) is 0 Å². The summed E-state index contributed by atoms with van der Waals surface area (Å²) in [6.45, 7) is 8.46. The number of carbonyl (C=O) groups is 1. The van der Waals surface area contributed by atoms with Gasteiger partial charge in [-0.3, -0.25) is 4.79 Å². The van der Waals surface area contributed by atoms with E-state index < -0.39 is 9.84 Å². The highest BCUT2D eigenvalue weighted by Gasteiger charge is 2.14. The number of amides is 1. The van der Waals surface area contributed by atoms with E-state index in [0.29, 0.717) is 11.3 Å². The molecule has 0 bridgehead atoms. The van der Waals surface area contributed by atoms with E-state index in [4.69, 9.17) is 0 Å². The smallest absolute Gasteiger partial charge is 0.248 e. The average Bonchev–Trinajstić information content (AvgIpc) is 3.00. The Morgan fingerprint density at radius 1 is 1.20 bits per heavy atom. The molecule has 0 spiro atoms. The van der Waals surface area contributed by atoms with Crippen LogP contribution in [-0.4, -0.2) is 24.6 Å². The van der Waals surface area contributed by atoms with Gasteiger partial charge >= 0.3 is 0 Å². The number of carbonyl (C=O) groups excluding carboxylic acids is 1. The van der Waals surface area contributed by atoms with Crippen molar-refractivity contribution in [2.24, 2.45) is 4.99 Å². The van der Waals surface area contributed by atoms with Crippen molar-refractivity contribution in [3.05, 3.63) is 76.6 Å². The molecule has 0 aliphatic rings. The minimum atomic E-state index is -3.26. The molecule has 158 valence electrons. The topological polar surface area (TPSA) is 68.5 Å². The molecule has 5 nitrogen and oxygen atoms in total. The van der Waals surface area contributed by atoms with Crippen molar-refractivity contribution in [1.29, 1.82) is 0 Å². The van der Waals surface area contributed by atoms with Crippen molar-refractivity contribution in [3.8, 4) is 0 Å². The Morgan fingerprint density at radius 3 is 2.63 bits per heavy atom. The van der Waals surface area contributed by atoms with E-state index in [2.05, 4.69) is 23.7 Å². The molecule has 0 saturated carbocycles. The van der Waals surface area contributed by atoms with Crippen LogP contribution >= 0.6 is 11.3 Å². The maximum Gasteiger partial charge on any atom is 0.248 e. The highest BCUT2D eigenvalue weighted by atomic mass is 32.2. The zero-order chi connectivity index (χ0) is 21.7. The minimum absolute atomic E-state index is 0.00650. The van der Waals surface area contributed by atoms with Crippen LogP contribution in [0.5, 0.6) is 0 Å². The third-order valence-corrected chi connectivity index (χ3v) is 7.64. The van der Waals surface area contributed by atoms with Crippen LogP contribution in [0.2, 0.25) is 0 Å². The zero-order valence-corrected chi connectivity index (χ0v) is 18.9. The summed E-state index contributed by atoms with van der Waals surface area (Å²) in [5.74, 6) is -0.336. The van der Waals surface area contributed by atoms with Crippen molar-refractivity contribution in [2.75, 3.05) is 5.75 Å². The SMILES string of the molecule is C=CCn1c(=NC(=O)CCCS(=O)(=O)Cc2ccccc2)sc2c(C)cc(C)cc21. The summed E-state index contributed by atoms with van der Waals surface area (Å²) in [7, 11) is -3.26. The lowest BCUT2D eigenvalue weighted by Gasteiger charge is -2.04. The van der Waals surface area contributed by atoms with Gasteiger partial charge in [0.25, 0.3) is 0 Å². The summed E-state index contributed by atoms with van der Waals surface area (Å²) >= 11 is 1.48. The first kappa shape index (κ1) is 22.2. The maximum atomic E-state index is 12.4. The molecule has 0 atom stereocenters. The highest BCUT2D eigenvalue weighted by molar-refractivity contribution is 7.90. The molecular formula is C23H26N2O3S2. The molecular weight excluding hydrogens is 416 g/mol. The fraction of sp³-hybridized carbons (Fsp3) is 0.304. The molecule has 0 unspecified atom stereocenters. The van der Waals surface area contributed by atoms with Gasteiger partial charge in [-0.1, -0.05) is 53.8 Å². The number of thiazole rings is 1. The second kappa shape index (κ2) is 9.53. The van der Waals surface area contributed by atoms with Gasteiger partial charge in [0.05, 0.1) is 21.7 Å². The maximum absolute atomic E-state index is 12.4. The number of benzene rings is 2. The number of nitrogens with zero attached hydrogens (tertiary/aromatic N) is 2. The monoisotopic (exact) mass is 442 g/mol. The fourth-order valence-electron chi connectivity index (χ4n) is 3.41. The number of sulfone groups is 1. The molecule has 0 N–H and O–H groups in total. The number of rotatable bonds is 8. The molecule has 1 heterocycles. The summed E-state index contributed by atoms with van der Waals surface area (Å²) in [5, 5.41) is 0. The second-order valence-corrected chi connectivity index (χ2v) is 10.6. The first-order valence-corrected chi connectivity index (χ1v) is 12.5. The summed E-state index contributed by atoms with van der Waals surface area (Å²) in [4.78, 5) is 17.4. The van der Waals surface area contributed by atoms with Crippen molar-refractivity contribution >= 4 is 37.3 Å². The van der Waals surface area contributed by atoms with Gasteiger partial charge < -0.3 is 4.57 Å². The third-order valence-electron chi connectivity index (χ3n) is 4.72. The van der Waals surface area contributed by atoms with Crippen molar-refractivity contribution in [2.45, 2.75) is 39.0 Å². The average molecular weight is 443 g/mol. The molecule has 30 heavy (non-hydrogen) atoms. The number of fused-ring (bicyclic) bond motifs is 1.